The second-order valence-electron chi connectivity index (χ2n) is 4.97. The van der Waals surface area contributed by atoms with E-state index in [1.165, 1.54) is 0 Å². The largest absolute Gasteiger partial charge is 0.496 e. The van der Waals surface area contributed by atoms with Crippen molar-refractivity contribution in [2.75, 3.05) is 12.8 Å². The Kier molecular flexibility index (Phi) is 4.21. The third-order valence-corrected chi connectivity index (χ3v) is 3.53. The number of nitrogen functional groups attached to an aromatic ring is 1. The Hall–Kier alpha value is -2.43. The number of hydrogen-bond acceptors (Lipinski definition) is 4. The van der Waals surface area contributed by atoms with Crippen molar-refractivity contribution in [3.05, 3.63) is 46.4 Å². The van der Waals surface area contributed by atoms with Crippen molar-refractivity contribution < 1.29 is 13.9 Å². The summed E-state index contributed by atoms with van der Waals surface area (Å²) in [6, 6.07) is 5.34. The van der Waals surface area contributed by atoms with Crippen LogP contribution in [0.4, 0.5) is 5.69 Å². The highest BCUT2D eigenvalue weighted by molar-refractivity contribution is 5.96. The minimum atomic E-state index is -0.161. The molecule has 0 radical (unpaired) electrons. The minimum absolute atomic E-state index is 0.161. The molecule has 1 amide bonds. The molecule has 1 aromatic carbocycles. The number of nitrogens with one attached hydrogen (secondary N) is 1. The number of furan rings is 1. The second kappa shape index (κ2) is 5.91. The molecular formula is C16H20N2O3. The molecule has 0 bridgehead atoms. The molecule has 0 atom stereocenters. The molecule has 1 aromatic heterocycles. The summed E-state index contributed by atoms with van der Waals surface area (Å²) >= 11 is 0. The van der Waals surface area contributed by atoms with Crippen LogP contribution in [0.1, 0.15) is 33.0 Å². The number of methoxy groups -OCH3 is 1. The van der Waals surface area contributed by atoms with E-state index in [9.17, 15) is 4.79 Å². The number of hydrogen-bond donors (Lipinski definition) is 2. The van der Waals surface area contributed by atoms with Gasteiger partial charge in [0.05, 0.1) is 12.7 Å². The third kappa shape index (κ3) is 3.02. The monoisotopic (exact) mass is 288 g/mol. The van der Waals surface area contributed by atoms with Crippen molar-refractivity contribution in [3.63, 3.8) is 0 Å². The Morgan fingerprint density at radius 1 is 1.29 bits per heavy atom. The summed E-state index contributed by atoms with van der Waals surface area (Å²) in [7, 11) is 1.59. The van der Waals surface area contributed by atoms with Crippen molar-refractivity contribution in [2.45, 2.75) is 27.3 Å². The van der Waals surface area contributed by atoms with Crippen LogP contribution in [0.5, 0.6) is 5.75 Å². The van der Waals surface area contributed by atoms with Gasteiger partial charge in [0.15, 0.2) is 0 Å². The summed E-state index contributed by atoms with van der Waals surface area (Å²) in [5, 5.41) is 2.88. The third-order valence-electron chi connectivity index (χ3n) is 3.53. The number of ether oxygens (including phenoxy) is 1. The van der Waals surface area contributed by atoms with Crippen LogP contribution in [0, 0.1) is 20.8 Å². The first-order valence-corrected chi connectivity index (χ1v) is 6.71. The molecular weight excluding hydrogens is 268 g/mol. The van der Waals surface area contributed by atoms with E-state index in [4.69, 9.17) is 14.9 Å². The van der Waals surface area contributed by atoms with Gasteiger partial charge in [-0.05, 0) is 39.0 Å². The van der Waals surface area contributed by atoms with Gasteiger partial charge >= 0.3 is 0 Å². The Balaban J connectivity index is 2.16. The van der Waals surface area contributed by atoms with E-state index < -0.39 is 0 Å². The molecule has 2 rings (SSSR count). The van der Waals surface area contributed by atoms with Crippen LogP contribution in [-0.2, 0) is 6.54 Å². The molecule has 2 aromatic rings. The number of carbonyl (C=O) groups excluding carboxylic acids is 1. The molecule has 0 unspecified atom stereocenters. The first kappa shape index (κ1) is 15.0. The number of anilines is 1. The molecule has 0 spiro atoms. The van der Waals surface area contributed by atoms with Crippen LogP contribution in [0.25, 0.3) is 0 Å². The van der Waals surface area contributed by atoms with Crippen LogP contribution in [0.15, 0.2) is 22.6 Å². The lowest BCUT2D eigenvalue weighted by atomic mass is 10.1. The lowest BCUT2D eigenvalue weighted by Gasteiger charge is -2.10. The highest BCUT2D eigenvalue weighted by Gasteiger charge is 2.18. The van der Waals surface area contributed by atoms with Crippen molar-refractivity contribution >= 4 is 11.6 Å². The smallest absolute Gasteiger partial charge is 0.255 e. The fraction of sp³-hybridized carbons (Fsp3) is 0.312. The van der Waals surface area contributed by atoms with Crippen molar-refractivity contribution in [3.8, 4) is 5.75 Å². The predicted molar refractivity (Wildman–Crippen MR) is 81.5 cm³/mol. The van der Waals surface area contributed by atoms with Crippen molar-refractivity contribution in [2.24, 2.45) is 0 Å². The van der Waals surface area contributed by atoms with E-state index in [0.29, 0.717) is 29.3 Å². The lowest BCUT2D eigenvalue weighted by Crippen LogP contribution is -2.24. The average Bonchev–Trinajstić information content (AvgIpc) is 2.70. The minimum Gasteiger partial charge on any atom is -0.496 e. The Morgan fingerprint density at radius 3 is 2.57 bits per heavy atom. The molecule has 21 heavy (non-hydrogen) atoms. The highest BCUT2D eigenvalue weighted by Crippen LogP contribution is 2.23. The maximum atomic E-state index is 12.3. The van der Waals surface area contributed by atoms with Crippen molar-refractivity contribution in [1.29, 1.82) is 0 Å². The standard InChI is InChI=1S/C16H20N2O3/c1-9-10(2)21-11(3)15(9)16(19)18-8-12-7-13(17)5-6-14(12)20-4/h5-7H,8,17H2,1-4H3,(H,18,19). The maximum Gasteiger partial charge on any atom is 0.255 e. The van der Waals surface area contributed by atoms with Gasteiger partial charge in [-0.1, -0.05) is 0 Å². The molecule has 0 saturated heterocycles. The molecule has 0 fully saturated rings. The second-order valence-corrected chi connectivity index (χ2v) is 4.97. The van der Waals surface area contributed by atoms with Gasteiger partial charge in [0.2, 0.25) is 0 Å². The molecule has 1 heterocycles. The number of nitrogens with two attached hydrogens (primary N) is 1. The highest BCUT2D eigenvalue weighted by atomic mass is 16.5. The number of benzene rings is 1. The summed E-state index contributed by atoms with van der Waals surface area (Å²) in [5.74, 6) is 1.92. The van der Waals surface area contributed by atoms with Crippen LogP contribution in [-0.4, -0.2) is 13.0 Å². The van der Waals surface area contributed by atoms with Crippen LogP contribution in [0.2, 0.25) is 0 Å². The molecule has 3 N–H and O–H groups in total. The van der Waals surface area contributed by atoms with Gasteiger partial charge in [-0.15, -0.1) is 0 Å². The quantitative estimate of drug-likeness (QED) is 0.848. The predicted octanol–water partition coefficient (Wildman–Crippen LogP) is 2.73. The fourth-order valence-corrected chi connectivity index (χ4v) is 2.33. The number of aryl methyl sites for hydroxylation is 2. The van der Waals surface area contributed by atoms with Gasteiger partial charge in [0, 0.05) is 23.4 Å². The summed E-state index contributed by atoms with van der Waals surface area (Å²) in [5.41, 5.74) is 8.69. The molecule has 5 heteroatoms. The summed E-state index contributed by atoms with van der Waals surface area (Å²) in [6.07, 6.45) is 0. The molecule has 0 aliphatic heterocycles. The Bertz CT molecular complexity index is 674. The zero-order valence-corrected chi connectivity index (χ0v) is 12.7. The van der Waals surface area contributed by atoms with Gasteiger partial charge in [0.25, 0.3) is 5.91 Å². The first-order valence-electron chi connectivity index (χ1n) is 6.71. The SMILES string of the molecule is COc1ccc(N)cc1CNC(=O)c1c(C)oc(C)c1C. The number of rotatable bonds is 4. The van der Waals surface area contributed by atoms with Gasteiger partial charge in [-0.2, -0.15) is 0 Å². The zero-order valence-electron chi connectivity index (χ0n) is 12.7. The summed E-state index contributed by atoms with van der Waals surface area (Å²) in [6.45, 7) is 5.86. The Labute approximate surface area is 124 Å². The lowest BCUT2D eigenvalue weighted by molar-refractivity contribution is 0.0948. The van der Waals surface area contributed by atoms with Gasteiger partial charge < -0.3 is 20.2 Å². The van der Waals surface area contributed by atoms with E-state index in [1.807, 2.05) is 13.8 Å². The topological polar surface area (TPSA) is 77.5 Å². The van der Waals surface area contributed by atoms with Gasteiger partial charge in [-0.25, -0.2) is 0 Å². The normalized spacial score (nSPS) is 10.5. The van der Waals surface area contributed by atoms with Crippen LogP contribution >= 0.6 is 0 Å². The molecule has 112 valence electrons. The fourth-order valence-electron chi connectivity index (χ4n) is 2.33. The van der Waals surface area contributed by atoms with Crippen molar-refractivity contribution in [1.82, 2.24) is 5.32 Å². The molecule has 0 aliphatic rings. The van der Waals surface area contributed by atoms with Gasteiger partial charge in [0.1, 0.15) is 17.3 Å². The van der Waals surface area contributed by atoms with Gasteiger partial charge in [-0.3, -0.25) is 4.79 Å². The summed E-state index contributed by atoms with van der Waals surface area (Å²) < 4.78 is 10.7. The molecule has 5 nitrogen and oxygen atoms in total. The molecule has 0 aliphatic carbocycles. The van der Waals surface area contributed by atoms with Crippen LogP contribution < -0.4 is 15.8 Å². The van der Waals surface area contributed by atoms with E-state index in [-0.39, 0.29) is 5.91 Å². The average molecular weight is 288 g/mol. The maximum absolute atomic E-state index is 12.3. The van der Waals surface area contributed by atoms with E-state index >= 15 is 0 Å². The first-order chi connectivity index (χ1) is 9.93. The van der Waals surface area contributed by atoms with E-state index in [1.54, 1.807) is 32.2 Å². The van der Waals surface area contributed by atoms with E-state index in [0.717, 1.165) is 16.9 Å². The zero-order chi connectivity index (χ0) is 15.6. The molecule has 0 saturated carbocycles. The van der Waals surface area contributed by atoms with Crippen LogP contribution in [0.3, 0.4) is 0 Å². The number of carbonyl (C=O) groups is 1. The number of amides is 1. The Morgan fingerprint density at radius 2 is 2.00 bits per heavy atom. The van der Waals surface area contributed by atoms with E-state index in [2.05, 4.69) is 5.32 Å². The summed E-state index contributed by atoms with van der Waals surface area (Å²) in [4.78, 5) is 12.3.